The number of aromatic nitrogens is 2. The molecular weight excluding hydrogens is 442 g/mol. The highest BCUT2D eigenvalue weighted by Gasteiger charge is 2.32. The molecule has 1 aromatic heterocycles. The van der Waals surface area contributed by atoms with E-state index in [-0.39, 0.29) is 29.5 Å². The van der Waals surface area contributed by atoms with E-state index in [9.17, 15) is 9.18 Å². The molecule has 0 unspecified atom stereocenters. The average molecular weight is 467 g/mol. The van der Waals surface area contributed by atoms with Crippen molar-refractivity contribution in [2.45, 2.75) is 31.7 Å². The number of nitrogen functional groups attached to an aromatic ring is 1. The normalized spacial score (nSPS) is 22.0. The number of anilines is 3. The largest absolute Gasteiger partial charge is 0.381 e. The van der Waals surface area contributed by atoms with Crippen molar-refractivity contribution in [1.82, 2.24) is 14.9 Å². The van der Waals surface area contributed by atoms with Gasteiger partial charge in [0.15, 0.2) is 11.6 Å². The first-order chi connectivity index (χ1) is 14.9. The number of benzene rings is 1. The number of likely N-dealkylation sites (tertiary alicyclic amines) is 1. The van der Waals surface area contributed by atoms with Gasteiger partial charge in [0.1, 0.15) is 12.4 Å². The van der Waals surface area contributed by atoms with Crippen LogP contribution in [0.3, 0.4) is 0 Å². The molecule has 3 heterocycles. The molecule has 4 rings (SSSR count). The zero-order chi connectivity index (χ0) is 22.0. The van der Waals surface area contributed by atoms with Crippen LogP contribution >= 0.6 is 23.2 Å². The van der Waals surface area contributed by atoms with Gasteiger partial charge in [0.25, 0.3) is 0 Å². The maximum Gasteiger partial charge on any atom is 0.245 e. The van der Waals surface area contributed by atoms with E-state index in [4.69, 9.17) is 28.9 Å². The molecule has 0 spiro atoms. The van der Waals surface area contributed by atoms with Gasteiger partial charge in [-0.3, -0.25) is 4.79 Å². The summed E-state index contributed by atoms with van der Waals surface area (Å²) in [6.07, 6.45) is 4.82. The van der Waals surface area contributed by atoms with E-state index in [1.54, 1.807) is 18.2 Å². The van der Waals surface area contributed by atoms with Crippen molar-refractivity contribution in [3.63, 3.8) is 0 Å². The van der Waals surface area contributed by atoms with E-state index >= 15 is 0 Å². The summed E-state index contributed by atoms with van der Waals surface area (Å²) in [7, 11) is 0. The van der Waals surface area contributed by atoms with Gasteiger partial charge < -0.3 is 20.9 Å². The Kier molecular flexibility index (Phi) is 6.67. The lowest BCUT2D eigenvalue weighted by Gasteiger charge is -2.39. The molecule has 31 heavy (non-hydrogen) atoms. The summed E-state index contributed by atoms with van der Waals surface area (Å²) in [6, 6.07) is 4.87. The Bertz CT molecular complexity index is 941. The number of nitrogens with one attached hydrogen (secondary N) is 1. The van der Waals surface area contributed by atoms with Gasteiger partial charge in [-0.15, -0.1) is 0 Å². The molecule has 2 aromatic rings. The quantitative estimate of drug-likeness (QED) is 0.695. The summed E-state index contributed by atoms with van der Waals surface area (Å²) in [4.78, 5) is 24.7. The Morgan fingerprint density at radius 2 is 1.87 bits per heavy atom. The Balaban J connectivity index is 1.40. The number of carbonyl (C=O) groups excluding carboxylic acids is 1. The lowest BCUT2D eigenvalue weighted by atomic mass is 9.95. The molecule has 166 valence electrons. The van der Waals surface area contributed by atoms with E-state index in [1.807, 2.05) is 9.80 Å². The lowest BCUT2D eigenvalue weighted by molar-refractivity contribution is -0.135. The van der Waals surface area contributed by atoms with Crippen LogP contribution in [0, 0.1) is 11.7 Å². The van der Waals surface area contributed by atoms with Crippen LogP contribution in [0.25, 0.3) is 0 Å². The van der Waals surface area contributed by atoms with Crippen LogP contribution in [-0.2, 0) is 4.79 Å². The SMILES string of the molecule is Nc1ncnc(N2CCC[C@@H](CN3CCC[C@@H](Nc4cc(Cl)cc(Cl)c4)C3=O)C2)c1F. The van der Waals surface area contributed by atoms with Crippen LogP contribution in [0.4, 0.5) is 21.7 Å². The summed E-state index contributed by atoms with van der Waals surface area (Å²) in [5, 5.41) is 4.32. The van der Waals surface area contributed by atoms with Crippen molar-refractivity contribution in [2.24, 2.45) is 5.92 Å². The van der Waals surface area contributed by atoms with E-state index < -0.39 is 5.82 Å². The van der Waals surface area contributed by atoms with E-state index in [2.05, 4.69) is 15.3 Å². The van der Waals surface area contributed by atoms with Crippen LogP contribution in [0.1, 0.15) is 25.7 Å². The molecule has 2 atom stereocenters. The van der Waals surface area contributed by atoms with Gasteiger partial charge >= 0.3 is 0 Å². The van der Waals surface area contributed by atoms with Gasteiger partial charge in [0.05, 0.1) is 0 Å². The van der Waals surface area contributed by atoms with Crippen molar-refractivity contribution in [1.29, 1.82) is 0 Å². The van der Waals surface area contributed by atoms with Gasteiger partial charge in [-0.05, 0) is 49.8 Å². The van der Waals surface area contributed by atoms with E-state index in [1.165, 1.54) is 6.33 Å². The van der Waals surface area contributed by atoms with Crippen molar-refractivity contribution in [3.8, 4) is 0 Å². The van der Waals surface area contributed by atoms with Gasteiger partial charge in [-0.25, -0.2) is 9.97 Å². The van der Waals surface area contributed by atoms with Crippen LogP contribution < -0.4 is 16.0 Å². The summed E-state index contributed by atoms with van der Waals surface area (Å²) in [6.45, 7) is 2.68. The summed E-state index contributed by atoms with van der Waals surface area (Å²) >= 11 is 12.2. The monoisotopic (exact) mass is 466 g/mol. The van der Waals surface area contributed by atoms with Gasteiger partial charge in [-0.2, -0.15) is 4.39 Å². The number of rotatable bonds is 5. The molecular formula is C21H25Cl2FN6O. The van der Waals surface area contributed by atoms with Gasteiger partial charge in [0.2, 0.25) is 11.7 Å². The molecule has 0 aliphatic carbocycles. The molecule has 0 radical (unpaired) electrons. The standard InChI is InChI=1S/C21H25Cl2FN6O/c22-14-7-15(23)9-16(8-14)28-17-4-2-6-30(21(17)31)11-13-3-1-5-29(10-13)20-18(24)19(25)26-12-27-20/h7-9,12-13,17,28H,1-6,10-11H2,(H2,25,26,27)/t13-,17-/m1/s1. The van der Waals surface area contributed by atoms with Crippen LogP contribution in [-0.4, -0.2) is 53.0 Å². The Hall–Kier alpha value is -2.32. The number of hydrogen-bond donors (Lipinski definition) is 2. The highest BCUT2D eigenvalue weighted by molar-refractivity contribution is 6.35. The summed E-state index contributed by atoms with van der Waals surface area (Å²) in [5.41, 5.74) is 6.33. The fourth-order valence-electron chi connectivity index (χ4n) is 4.41. The predicted octanol–water partition coefficient (Wildman–Crippen LogP) is 3.82. The fourth-order valence-corrected chi connectivity index (χ4v) is 4.93. The number of piperidine rings is 2. The average Bonchev–Trinajstić information content (AvgIpc) is 2.72. The number of nitrogens with two attached hydrogens (primary N) is 1. The van der Waals surface area contributed by atoms with Crippen LogP contribution in [0.5, 0.6) is 0 Å². The second kappa shape index (κ2) is 9.44. The molecule has 2 saturated heterocycles. The Morgan fingerprint density at radius 3 is 2.65 bits per heavy atom. The molecule has 0 saturated carbocycles. The molecule has 10 heteroatoms. The number of carbonyl (C=O) groups is 1. The summed E-state index contributed by atoms with van der Waals surface area (Å²) in [5.74, 6) is -0.195. The first-order valence-corrected chi connectivity index (χ1v) is 11.2. The maximum absolute atomic E-state index is 14.4. The zero-order valence-electron chi connectivity index (χ0n) is 17.0. The molecule has 2 aliphatic heterocycles. The first kappa shape index (κ1) is 21.9. The third-order valence-electron chi connectivity index (χ3n) is 5.83. The van der Waals surface area contributed by atoms with Gasteiger partial charge in [0, 0.05) is 41.9 Å². The third kappa shape index (κ3) is 5.13. The second-order valence-corrected chi connectivity index (χ2v) is 9.01. The van der Waals surface area contributed by atoms with Crippen LogP contribution in [0.2, 0.25) is 10.0 Å². The predicted molar refractivity (Wildman–Crippen MR) is 121 cm³/mol. The molecule has 7 nitrogen and oxygen atoms in total. The van der Waals surface area contributed by atoms with Crippen molar-refractivity contribution in [2.75, 3.05) is 42.1 Å². The topological polar surface area (TPSA) is 87.4 Å². The summed E-state index contributed by atoms with van der Waals surface area (Å²) < 4.78 is 14.4. The van der Waals surface area contributed by atoms with Gasteiger partial charge in [-0.1, -0.05) is 23.2 Å². The molecule has 1 amide bonds. The number of nitrogens with zero attached hydrogens (tertiary/aromatic N) is 4. The maximum atomic E-state index is 14.4. The zero-order valence-corrected chi connectivity index (χ0v) is 18.5. The highest BCUT2D eigenvalue weighted by atomic mass is 35.5. The van der Waals surface area contributed by atoms with Crippen LogP contribution in [0.15, 0.2) is 24.5 Å². The minimum absolute atomic E-state index is 0.0666. The highest BCUT2D eigenvalue weighted by Crippen LogP contribution is 2.28. The van der Waals surface area contributed by atoms with Crippen molar-refractivity contribution in [3.05, 3.63) is 40.4 Å². The fraction of sp³-hybridized carbons (Fsp3) is 0.476. The smallest absolute Gasteiger partial charge is 0.245 e. The lowest BCUT2D eigenvalue weighted by Crippen LogP contribution is -2.51. The number of hydrogen-bond acceptors (Lipinski definition) is 6. The molecule has 2 fully saturated rings. The second-order valence-electron chi connectivity index (χ2n) is 8.13. The number of halogens is 3. The van der Waals surface area contributed by atoms with E-state index in [0.29, 0.717) is 29.7 Å². The molecule has 0 bridgehead atoms. The van der Waals surface area contributed by atoms with Crippen molar-refractivity contribution >= 4 is 46.4 Å². The minimum Gasteiger partial charge on any atom is -0.381 e. The Labute approximate surface area is 190 Å². The third-order valence-corrected chi connectivity index (χ3v) is 6.27. The molecule has 3 N–H and O–H groups in total. The van der Waals surface area contributed by atoms with Crippen molar-refractivity contribution < 1.29 is 9.18 Å². The first-order valence-electron chi connectivity index (χ1n) is 10.4. The molecule has 1 aromatic carbocycles. The van der Waals surface area contributed by atoms with E-state index in [0.717, 1.165) is 37.9 Å². The molecule has 2 aliphatic rings. The Morgan fingerprint density at radius 1 is 1.13 bits per heavy atom. The minimum atomic E-state index is -0.582. The number of amides is 1.